The van der Waals surface area contributed by atoms with Crippen LogP contribution < -0.4 is 4.74 Å². The molecule has 1 rings (SSSR count). The lowest BCUT2D eigenvalue weighted by Crippen LogP contribution is -2.21. The number of carbonyl (C=O) groups is 1. The van der Waals surface area contributed by atoms with Crippen molar-refractivity contribution in [1.29, 1.82) is 0 Å². The van der Waals surface area contributed by atoms with Crippen LogP contribution in [0.1, 0.15) is 65.2 Å². The number of terminal acetylenes is 1. The highest BCUT2D eigenvalue weighted by Crippen LogP contribution is 2.40. The summed E-state index contributed by atoms with van der Waals surface area (Å²) in [6.07, 6.45) is 5.57. The lowest BCUT2D eigenvalue weighted by atomic mass is 9.78. The lowest BCUT2D eigenvalue weighted by molar-refractivity contribution is -0.132. The number of benzene rings is 1. The van der Waals surface area contributed by atoms with E-state index in [1.54, 1.807) is 0 Å². The Hall–Kier alpha value is -1.75. The van der Waals surface area contributed by atoms with Crippen molar-refractivity contribution in [3.8, 4) is 18.1 Å². The van der Waals surface area contributed by atoms with Crippen LogP contribution in [0.4, 0.5) is 0 Å². The van der Waals surface area contributed by atoms with Crippen molar-refractivity contribution in [3.63, 3.8) is 0 Å². The molecule has 2 heteroatoms. The van der Waals surface area contributed by atoms with Gasteiger partial charge in [0.25, 0.3) is 0 Å². The minimum Gasteiger partial charge on any atom is -0.426 e. The summed E-state index contributed by atoms with van der Waals surface area (Å²) in [6.45, 7) is 13.9. The summed E-state index contributed by atoms with van der Waals surface area (Å²) in [5, 5.41) is 0. The second-order valence-corrected chi connectivity index (χ2v) is 7.14. The quantitative estimate of drug-likeness (QED) is 0.435. The molecule has 0 atom stereocenters. The van der Waals surface area contributed by atoms with Gasteiger partial charge in [-0.05, 0) is 23.0 Å². The van der Waals surface area contributed by atoms with E-state index in [2.05, 4.69) is 47.5 Å². The van der Waals surface area contributed by atoms with Crippen LogP contribution in [0.2, 0.25) is 0 Å². The summed E-state index contributed by atoms with van der Waals surface area (Å²) in [4.78, 5) is 11.5. The Kier molecular flexibility index (Phi) is 4.34. The largest absolute Gasteiger partial charge is 0.426 e. The second kappa shape index (κ2) is 5.32. The van der Waals surface area contributed by atoms with Crippen molar-refractivity contribution in [2.24, 2.45) is 0 Å². The Balaban J connectivity index is 3.73. The van der Waals surface area contributed by atoms with E-state index < -0.39 is 0 Å². The fraction of sp³-hybridized carbons (Fsp3) is 0.500. The van der Waals surface area contributed by atoms with Crippen LogP contribution in [-0.4, -0.2) is 5.97 Å². The van der Waals surface area contributed by atoms with E-state index in [1.807, 2.05) is 12.1 Å². The van der Waals surface area contributed by atoms with Crippen LogP contribution in [-0.2, 0) is 15.6 Å². The summed E-state index contributed by atoms with van der Waals surface area (Å²) in [7, 11) is 0. The predicted molar refractivity (Wildman–Crippen MR) is 83.1 cm³/mol. The van der Waals surface area contributed by atoms with Gasteiger partial charge in [0, 0.05) is 23.6 Å². The summed E-state index contributed by atoms with van der Waals surface area (Å²) in [5.74, 6) is 3.03. The van der Waals surface area contributed by atoms with Gasteiger partial charge in [0.1, 0.15) is 5.75 Å². The molecule has 0 saturated carbocycles. The average molecular weight is 272 g/mol. The number of ether oxygens (including phenoxy) is 1. The SMILES string of the molecule is C#Cc1cc(C(C)(C)C)c(OC(C)=O)c(C(C)(C)C)c1. The molecule has 1 aromatic carbocycles. The predicted octanol–water partition coefficient (Wildman–Crippen LogP) is 4.19. The molecule has 0 N–H and O–H groups in total. The first-order chi connectivity index (χ1) is 8.96. The van der Waals surface area contributed by atoms with Crippen molar-refractivity contribution in [1.82, 2.24) is 0 Å². The summed E-state index contributed by atoms with van der Waals surface area (Å²) in [5.41, 5.74) is 2.44. The second-order valence-electron chi connectivity index (χ2n) is 7.14. The Bertz CT molecular complexity index is 526. The Morgan fingerprint density at radius 2 is 1.45 bits per heavy atom. The Labute approximate surface area is 122 Å². The van der Waals surface area contributed by atoms with E-state index in [0.29, 0.717) is 5.75 Å². The zero-order valence-corrected chi connectivity index (χ0v) is 13.5. The first kappa shape index (κ1) is 16.3. The lowest BCUT2D eigenvalue weighted by Gasteiger charge is -2.29. The van der Waals surface area contributed by atoms with E-state index >= 15 is 0 Å². The topological polar surface area (TPSA) is 26.3 Å². The highest BCUT2D eigenvalue weighted by Gasteiger charge is 2.28. The summed E-state index contributed by atoms with van der Waals surface area (Å²) in [6, 6.07) is 3.88. The number of carbonyl (C=O) groups excluding carboxylic acids is 1. The minimum atomic E-state index is -0.311. The highest BCUT2D eigenvalue weighted by molar-refractivity contribution is 5.71. The molecule has 0 aliphatic rings. The zero-order chi connectivity index (χ0) is 15.7. The van der Waals surface area contributed by atoms with Gasteiger partial charge >= 0.3 is 5.97 Å². The van der Waals surface area contributed by atoms with Crippen molar-refractivity contribution in [2.75, 3.05) is 0 Å². The molecule has 0 heterocycles. The van der Waals surface area contributed by atoms with E-state index in [0.717, 1.165) is 16.7 Å². The van der Waals surface area contributed by atoms with E-state index in [1.165, 1.54) is 6.92 Å². The van der Waals surface area contributed by atoms with Crippen LogP contribution in [0.5, 0.6) is 5.75 Å². The van der Waals surface area contributed by atoms with Gasteiger partial charge in [0.15, 0.2) is 0 Å². The normalized spacial score (nSPS) is 11.9. The third-order valence-corrected chi connectivity index (χ3v) is 3.12. The molecule has 0 saturated heterocycles. The highest BCUT2D eigenvalue weighted by atomic mass is 16.5. The molecular formula is C18H24O2. The number of esters is 1. The molecule has 1 aromatic rings. The maximum absolute atomic E-state index is 11.5. The van der Waals surface area contributed by atoms with Crippen LogP contribution in [0.3, 0.4) is 0 Å². The monoisotopic (exact) mass is 272 g/mol. The van der Waals surface area contributed by atoms with Crippen LogP contribution in [0.15, 0.2) is 12.1 Å². The van der Waals surface area contributed by atoms with E-state index in [9.17, 15) is 4.79 Å². The third kappa shape index (κ3) is 3.63. The number of hydrogen-bond acceptors (Lipinski definition) is 2. The molecule has 108 valence electrons. The standard InChI is InChI=1S/C18H24O2/c1-9-13-10-14(17(3,4)5)16(20-12(2)19)15(11-13)18(6,7)8/h1,10-11H,2-8H3. The van der Waals surface area contributed by atoms with Gasteiger partial charge in [-0.1, -0.05) is 47.5 Å². The van der Waals surface area contributed by atoms with Gasteiger partial charge in [0.2, 0.25) is 0 Å². The van der Waals surface area contributed by atoms with Gasteiger partial charge in [-0.3, -0.25) is 4.79 Å². The van der Waals surface area contributed by atoms with E-state index in [4.69, 9.17) is 11.2 Å². The average Bonchev–Trinajstić information content (AvgIpc) is 2.25. The minimum absolute atomic E-state index is 0.155. The maximum atomic E-state index is 11.5. The van der Waals surface area contributed by atoms with E-state index in [-0.39, 0.29) is 16.8 Å². The fourth-order valence-electron chi connectivity index (χ4n) is 2.08. The van der Waals surface area contributed by atoms with Gasteiger partial charge in [-0.2, -0.15) is 0 Å². The van der Waals surface area contributed by atoms with Crippen molar-refractivity contribution in [3.05, 3.63) is 28.8 Å². The Morgan fingerprint density at radius 3 is 1.70 bits per heavy atom. The molecule has 0 aliphatic heterocycles. The number of hydrogen-bond donors (Lipinski definition) is 0. The van der Waals surface area contributed by atoms with Crippen LogP contribution in [0, 0.1) is 12.3 Å². The van der Waals surface area contributed by atoms with Gasteiger partial charge in [-0.15, -0.1) is 6.42 Å². The number of rotatable bonds is 1. The molecule has 20 heavy (non-hydrogen) atoms. The third-order valence-electron chi connectivity index (χ3n) is 3.12. The first-order valence-electron chi connectivity index (χ1n) is 6.81. The molecule has 0 radical (unpaired) electrons. The molecule has 0 fully saturated rings. The van der Waals surface area contributed by atoms with Gasteiger partial charge < -0.3 is 4.74 Å². The maximum Gasteiger partial charge on any atom is 0.308 e. The summed E-state index contributed by atoms with van der Waals surface area (Å²) >= 11 is 0. The van der Waals surface area contributed by atoms with Crippen LogP contribution in [0.25, 0.3) is 0 Å². The Morgan fingerprint density at radius 1 is 1.05 bits per heavy atom. The molecule has 0 aromatic heterocycles. The molecule has 0 amide bonds. The van der Waals surface area contributed by atoms with Crippen molar-refractivity contribution >= 4 is 5.97 Å². The molecule has 0 spiro atoms. The first-order valence-corrected chi connectivity index (χ1v) is 6.81. The molecule has 0 bridgehead atoms. The molecule has 0 aliphatic carbocycles. The van der Waals surface area contributed by atoms with Crippen molar-refractivity contribution in [2.45, 2.75) is 59.3 Å². The van der Waals surface area contributed by atoms with Gasteiger partial charge in [-0.25, -0.2) is 0 Å². The molecule has 2 nitrogen and oxygen atoms in total. The van der Waals surface area contributed by atoms with Gasteiger partial charge in [0.05, 0.1) is 0 Å². The summed E-state index contributed by atoms with van der Waals surface area (Å²) < 4.78 is 5.52. The smallest absolute Gasteiger partial charge is 0.308 e. The zero-order valence-electron chi connectivity index (χ0n) is 13.5. The van der Waals surface area contributed by atoms with Crippen molar-refractivity contribution < 1.29 is 9.53 Å². The fourth-order valence-corrected chi connectivity index (χ4v) is 2.08. The molecule has 0 unspecified atom stereocenters. The van der Waals surface area contributed by atoms with Crippen LogP contribution >= 0.6 is 0 Å². The molecular weight excluding hydrogens is 248 g/mol.